The van der Waals surface area contributed by atoms with Crippen molar-refractivity contribution in [3.63, 3.8) is 0 Å². The molecule has 0 spiro atoms. The second-order valence-corrected chi connectivity index (χ2v) is 6.01. The molecule has 1 saturated heterocycles. The lowest BCUT2D eigenvalue weighted by Crippen LogP contribution is -2.55. The van der Waals surface area contributed by atoms with E-state index in [0.29, 0.717) is 32.7 Å². The summed E-state index contributed by atoms with van der Waals surface area (Å²) in [5, 5.41) is 0. The summed E-state index contributed by atoms with van der Waals surface area (Å²) in [5.74, 6) is 0.687. The quantitative estimate of drug-likeness (QED) is 0.804. The minimum Gasteiger partial charge on any atom is -0.339 e. The van der Waals surface area contributed by atoms with Crippen LogP contribution < -0.4 is 5.73 Å². The summed E-state index contributed by atoms with van der Waals surface area (Å²) in [5.41, 5.74) is 5.28. The van der Waals surface area contributed by atoms with Gasteiger partial charge in [-0.25, -0.2) is 0 Å². The zero-order valence-electron chi connectivity index (χ0n) is 12.0. The van der Waals surface area contributed by atoms with E-state index in [-0.39, 0.29) is 17.7 Å². The van der Waals surface area contributed by atoms with Crippen LogP contribution in [0.1, 0.15) is 33.1 Å². The van der Waals surface area contributed by atoms with Gasteiger partial charge in [0, 0.05) is 38.6 Å². The van der Waals surface area contributed by atoms with Crippen molar-refractivity contribution in [1.29, 1.82) is 0 Å². The highest BCUT2D eigenvalue weighted by molar-refractivity contribution is 5.84. The molecule has 1 aliphatic carbocycles. The van der Waals surface area contributed by atoms with Crippen LogP contribution in [0.5, 0.6) is 0 Å². The van der Waals surface area contributed by atoms with Gasteiger partial charge in [-0.2, -0.15) is 0 Å². The molecular weight excluding hydrogens is 242 g/mol. The Labute approximate surface area is 115 Å². The molecule has 5 heteroatoms. The molecule has 1 heterocycles. The average Bonchev–Trinajstić information content (AvgIpc) is 3.29. The molecule has 0 bridgehead atoms. The Morgan fingerprint density at radius 1 is 1.16 bits per heavy atom. The topological polar surface area (TPSA) is 66.6 Å². The number of nitrogens with zero attached hydrogens (tertiary/aromatic N) is 2. The highest BCUT2D eigenvalue weighted by atomic mass is 16.2. The van der Waals surface area contributed by atoms with Gasteiger partial charge in [-0.3, -0.25) is 9.59 Å². The number of carbonyl (C=O) groups is 2. The predicted molar refractivity (Wildman–Crippen MR) is 73.3 cm³/mol. The van der Waals surface area contributed by atoms with Gasteiger partial charge in [-0.05, 0) is 26.2 Å². The molecule has 0 radical (unpaired) electrons. The Balaban J connectivity index is 1.88. The highest BCUT2D eigenvalue weighted by Gasteiger charge is 2.38. The Morgan fingerprint density at radius 2 is 1.68 bits per heavy atom. The van der Waals surface area contributed by atoms with E-state index in [4.69, 9.17) is 5.73 Å². The summed E-state index contributed by atoms with van der Waals surface area (Å²) in [6, 6.07) is 0. The second-order valence-electron chi connectivity index (χ2n) is 6.01. The van der Waals surface area contributed by atoms with Crippen LogP contribution in [0.25, 0.3) is 0 Å². The van der Waals surface area contributed by atoms with Crippen LogP contribution in [0, 0.1) is 11.3 Å². The fourth-order valence-electron chi connectivity index (χ4n) is 2.48. The largest absolute Gasteiger partial charge is 0.339 e. The van der Waals surface area contributed by atoms with E-state index >= 15 is 0 Å². The molecule has 1 unspecified atom stereocenters. The van der Waals surface area contributed by atoms with Gasteiger partial charge in [-0.1, -0.05) is 6.92 Å². The van der Waals surface area contributed by atoms with Gasteiger partial charge in [0.15, 0.2) is 0 Å². The lowest BCUT2D eigenvalue weighted by atomic mass is 9.86. The summed E-state index contributed by atoms with van der Waals surface area (Å²) in [7, 11) is 0. The Hall–Kier alpha value is -1.10. The maximum absolute atomic E-state index is 12.4. The third kappa shape index (κ3) is 2.91. The van der Waals surface area contributed by atoms with Gasteiger partial charge in [0.05, 0.1) is 5.41 Å². The molecule has 1 atom stereocenters. The van der Waals surface area contributed by atoms with Crippen LogP contribution in [0.2, 0.25) is 0 Å². The SMILES string of the molecule is CCC(C)(CN)C(=O)N1CCN(C(=O)C2CC2)CC1. The van der Waals surface area contributed by atoms with Crippen molar-refractivity contribution in [3.8, 4) is 0 Å². The Morgan fingerprint density at radius 3 is 2.11 bits per heavy atom. The number of hydrogen-bond donors (Lipinski definition) is 1. The van der Waals surface area contributed by atoms with Crippen molar-refractivity contribution in [2.24, 2.45) is 17.1 Å². The molecule has 0 aromatic heterocycles. The zero-order chi connectivity index (χ0) is 14.0. The Bertz CT molecular complexity index is 354. The van der Waals surface area contributed by atoms with Crippen LogP contribution in [0.3, 0.4) is 0 Å². The summed E-state index contributed by atoms with van der Waals surface area (Å²) < 4.78 is 0. The molecular formula is C14H25N3O2. The van der Waals surface area contributed by atoms with Crippen LogP contribution in [-0.4, -0.2) is 54.3 Å². The first-order valence-corrected chi connectivity index (χ1v) is 7.30. The maximum atomic E-state index is 12.4. The first-order valence-electron chi connectivity index (χ1n) is 7.30. The zero-order valence-corrected chi connectivity index (χ0v) is 12.0. The van der Waals surface area contributed by atoms with Crippen molar-refractivity contribution in [1.82, 2.24) is 9.80 Å². The average molecular weight is 267 g/mol. The molecule has 0 aromatic rings. The lowest BCUT2D eigenvalue weighted by molar-refractivity contribution is -0.146. The van der Waals surface area contributed by atoms with Gasteiger partial charge in [0.25, 0.3) is 0 Å². The smallest absolute Gasteiger partial charge is 0.229 e. The predicted octanol–water partition coefficient (Wildman–Crippen LogP) is 0.442. The van der Waals surface area contributed by atoms with E-state index in [2.05, 4.69) is 0 Å². The van der Waals surface area contributed by atoms with Crippen molar-refractivity contribution in [2.75, 3.05) is 32.7 Å². The summed E-state index contributed by atoms with van der Waals surface area (Å²) in [6.45, 7) is 6.94. The van der Waals surface area contributed by atoms with Crippen molar-refractivity contribution in [2.45, 2.75) is 33.1 Å². The fraction of sp³-hybridized carbons (Fsp3) is 0.857. The summed E-state index contributed by atoms with van der Waals surface area (Å²) in [4.78, 5) is 28.2. The van der Waals surface area contributed by atoms with E-state index in [9.17, 15) is 9.59 Å². The maximum Gasteiger partial charge on any atom is 0.229 e. The number of piperazine rings is 1. The van der Waals surface area contributed by atoms with E-state index < -0.39 is 5.41 Å². The van der Waals surface area contributed by atoms with Crippen LogP contribution in [0.15, 0.2) is 0 Å². The summed E-state index contributed by atoms with van der Waals surface area (Å²) >= 11 is 0. The molecule has 0 aromatic carbocycles. The van der Waals surface area contributed by atoms with E-state index in [1.54, 1.807) is 0 Å². The normalized spacial score (nSPS) is 23.1. The van der Waals surface area contributed by atoms with Gasteiger partial charge >= 0.3 is 0 Å². The monoisotopic (exact) mass is 267 g/mol. The first-order chi connectivity index (χ1) is 9.01. The van der Waals surface area contributed by atoms with Gasteiger partial charge in [0.1, 0.15) is 0 Å². The number of carbonyl (C=O) groups excluding carboxylic acids is 2. The number of amides is 2. The van der Waals surface area contributed by atoms with Crippen molar-refractivity contribution >= 4 is 11.8 Å². The lowest BCUT2D eigenvalue weighted by Gasteiger charge is -2.39. The molecule has 2 aliphatic rings. The molecule has 2 amide bonds. The van der Waals surface area contributed by atoms with Gasteiger partial charge in [-0.15, -0.1) is 0 Å². The minimum atomic E-state index is -0.456. The third-order valence-electron chi connectivity index (χ3n) is 4.55. The molecule has 2 fully saturated rings. The standard InChI is InChI=1S/C14H25N3O2/c1-3-14(2,10-15)13(19)17-8-6-16(7-9-17)12(18)11-4-5-11/h11H,3-10,15H2,1-2H3. The minimum absolute atomic E-state index is 0.135. The highest BCUT2D eigenvalue weighted by Crippen LogP contribution is 2.31. The van der Waals surface area contributed by atoms with Crippen LogP contribution in [-0.2, 0) is 9.59 Å². The number of hydrogen-bond acceptors (Lipinski definition) is 3. The van der Waals surface area contributed by atoms with Gasteiger partial charge in [0.2, 0.25) is 11.8 Å². The molecule has 1 saturated carbocycles. The molecule has 5 nitrogen and oxygen atoms in total. The second kappa shape index (κ2) is 5.49. The molecule has 2 rings (SSSR count). The van der Waals surface area contributed by atoms with Crippen LogP contribution in [0.4, 0.5) is 0 Å². The van der Waals surface area contributed by atoms with E-state index in [0.717, 1.165) is 19.3 Å². The fourth-order valence-corrected chi connectivity index (χ4v) is 2.48. The molecule has 19 heavy (non-hydrogen) atoms. The first kappa shape index (κ1) is 14.3. The summed E-state index contributed by atoms with van der Waals surface area (Å²) in [6.07, 6.45) is 2.83. The third-order valence-corrected chi connectivity index (χ3v) is 4.55. The van der Waals surface area contributed by atoms with Crippen molar-refractivity contribution in [3.05, 3.63) is 0 Å². The number of rotatable bonds is 4. The van der Waals surface area contributed by atoms with Crippen molar-refractivity contribution < 1.29 is 9.59 Å². The molecule has 108 valence electrons. The molecule has 1 aliphatic heterocycles. The van der Waals surface area contributed by atoms with Gasteiger partial charge < -0.3 is 15.5 Å². The van der Waals surface area contributed by atoms with E-state index in [1.807, 2.05) is 23.6 Å². The van der Waals surface area contributed by atoms with E-state index in [1.165, 1.54) is 0 Å². The Kier molecular flexibility index (Phi) is 4.13. The molecule has 2 N–H and O–H groups in total. The number of nitrogens with two attached hydrogens (primary N) is 1. The van der Waals surface area contributed by atoms with Crippen LogP contribution >= 0.6 is 0 Å².